The molecule has 0 aromatic heterocycles. The van der Waals surface area contributed by atoms with Crippen LogP contribution >= 0.6 is 0 Å². The van der Waals surface area contributed by atoms with Crippen molar-refractivity contribution in [3.63, 3.8) is 0 Å². The second-order valence-electron chi connectivity index (χ2n) is 2.77. The van der Waals surface area contributed by atoms with Gasteiger partial charge in [0.15, 0.2) is 0 Å². The van der Waals surface area contributed by atoms with Gasteiger partial charge in [-0.1, -0.05) is 12.1 Å². The summed E-state index contributed by atoms with van der Waals surface area (Å²) in [5.74, 6) is 0.558. The molecule has 0 bridgehead atoms. The Kier molecular flexibility index (Phi) is 3.04. The SMILES string of the molecule is CC(N)=NCc1cccc(C#N)c1. The highest BCUT2D eigenvalue weighted by molar-refractivity contribution is 5.77. The predicted octanol–water partition coefficient (Wildman–Crippen LogP) is 1.44. The van der Waals surface area contributed by atoms with Crippen molar-refractivity contribution in [2.45, 2.75) is 13.5 Å². The first-order chi connectivity index (χ1) is 6.22. The van der Waals surface area contributed by atoms with E-state index in [9.17, 15) is 0 Å². The highest BCUT2D eigenvalue weighted by Crippen LogP contribution is 2.05. The Balaban J connectivity index is 2.79. The maximum atomic E-state index is 8.63. The van der Waals surface area contributed by atoms with Crippen LogP contribution in [-0.4, -0.2) is 5.84 Å². The van der Waals surface area contributed by atoms with Gasteiger partial charge in [-0.3, -0.25) is 4.99 Å². The summed E-state index contributed by atoms with van der Waals surface area (Å²) in [6, 6.07) is 9.42. The summed E-state index contributed by atoms with van der Waals surface area (Å²) < 4.78 is 0. The highest BCUT2D eigenvalue weighted by Gasteiger charge is 1.93. The fraction of sp³-hybridized carbons (Fsp3) is 0.200. The summed E-state index contributed by atoms with van der Waals surface area (Å²) in [6.45, 7) is 2.28. The van der Waals surface area contributed by atoms with E-state index in [-0.39, 0.29) is 0 Å². The molecule has 0 saturated carbocycles. The third kappa shape index (κ3) is 2.96. The second-order valence-corrected chi connectivity index (χ2v) is 2.77. The van der Waals surface area contributed by atoms with Gasteiger partial charge in [-0.25, -0.2) is 0 Å². The van der Waals surface area contributed by atoms with Gasteiger partial charge in [-0.15, -0.1) is 0 Å². The van der Waals surface area contributed by atoms with Crippen molar-refractivity contribution >= 4 is 5.84 Å². The third-order valence-electron chi connectivity index (χ3n) is 1.57. The first-order valence-electron chi connectivity index (χ1n) is 3.98. The highest BCUT2D eigenvalue weighted by atomic mass is 14.8. The Morgan fingerprint density at radius 2 is 2.38 bits per heavy atom. The zero-order chi connectivity index (χ0) is 9.68. The second kappa shape index (κ2) is 4.27. The van der Waals surface area contributed by atoms with Crippen molar-refractivity contribution in [1.82, 2.24) is 0 Å². The van der Waals surface area contributed by atoms with Crippen molar-refractivity contribution in [2.24, 2.45) is 10.7 Å². The molecule has 0 aliphatic heterocycles. The smallest absolute Gasteiger partial charge is 0.0991 e. The summed E-state index contributed by atoms with van der Waals surface area (Å²) >= 11 is 0. The molecule has 0 heterocycles. The molecule has 1 aromatic rings. The molecule has 0 amide bonds. The van der Waals surface area contributed by atoms with E-state index < -0.39 is 0 Å². The van der Waals surface area contributed by atoms with Crippen molar-refractivity contribution in [3.8, 4) is 6.07 Å². The molecule has 0 saturated heterocycles. The molecule has 0 radical (unpaired) electrons. The summed E-state index contributed by atoms with van der Waals surface area (Å²) in [6.07, 6.45) is 0. The predicted molar refractivity (Wildman–Crippen MR) is 52.2 cm³/mol. The summed E-state index contributed by atoms with van der Waals surface area (Å²) in [5, 5.41) is 8.63. The first-order valence-corrected chi connectivity index (χ1v) is 3.98. The summed E-state index contributed by atoms with van der Waals surface area (Å²) in [4.78, 5) is 4.06. The number of nitrogens with zero attached hydrogens (tertiary/aromatic N) is 2. The van der Waals surface area contributed by atoms with Gasteiger partial charge < -0.3 is 5.73 Å². The fourth-order valence-corrected chi connectivity index (χ4v) is 0.955. The van der Waals surface area contributed by atoms with Crippen molar-refractivity contribution < 1.29 is 0 Å². The maximum Gasteiger partial charge on any atom is 0.0991 e. The van der Waals surface area contributed by atoms with Gasteiger partial charge in [0.1, 0.15) is 0 Å². The van der Waals surface area contributed by atoms with E-state index in [1.165, 1.54) is 0 Å². The molecule has 13 heavy (non-hydrogen) atoms. The van der Waals surface area contributed by atoms with Crippen LogP contribution in [0.4, 0.5) is 0 Å². The molecule has 0 atom stereocenters. The van der Waals surface area contributed by atoms with Gasteiger partial charge in [0, 0.05) is 0 Å². The average Bonchev–Trinajstić information content (AvgIpc) is 2.15. The summed E-state index contributed by atoms with van der Waals surface area (Å²) in [5.41, 5.74) is 7.05. The topological polar surface area (TPSA) is 62.2 Å². The Labute approximate surface area is 77.5 Å². The lowest BCUT2D eigenvalue weighted by Crippen LogP contribution is -2.05. The largest absolute Gasteiger partial charge is 0.388 e. The standard InChI is InChI=1S/C10H11N3/c1-8(12)13-7-10-4-2-3-9(5-10)6-11/h2-5H,7H2,1H3,(H2,12,13). The van der Waals surface area contributed by atoms with Gasteiger partial charge in [-0.05, 0) is 24.6 Å². The van der Waals surface area contributed by atoms with Crippen LogP contribution in [0.2, 0.25) is 0 Å². The lowest BCUT2D eigenvalue weighted by Gasteiger charge is -1.97. The molecule has 1 aromatic carbocycles. The van der Waals surface area contributed by atoms with E-state index in [4.69, 9.17) is 11.0 Å². The van der Waals surface area contributed by atoms with Crippen molar-refractivity contribution in [1.29, 1.82) is 5.26 Å². The lowest BCUT2D eigenvalue weighted by atomic mass is 10.1. The number of aliphatic imine (C=N–C) groups is 1. The van der Waals surface area contributed by atoms with Crippen LogP contribution in [0.15, 0.2) is 29.3 Å². The number of hydrogen-bond acceptors (Lipinski definition) is 2. The van der Waals surface area contributed by atoms with E-state index in [0.717, 1.165) is 5.56 Å². The van der Waals surface area contributed by atoms with Crippen LogP contribution in [0.5, 0.6) is 0 Å². The maximum absolute atomic E-state index is 8.63. The molecule has 3 nitrogen and oxygen atoms in total. The Morgan fingerprint density at radius 1 is 1.62 bits per heavy atom. The van der Waals surface area contributed by atoms with Crippen LogP contribution in [0, 0.1) is 11.3 Å². The van der Waals surface area contributed by atoms with E-state index in [1.54, 1.807) is 13.0 Å². The number of hydrogen-bond donors (Lipinski definition) is 1. The molecule has 66 valence electrons. The Hall–Kier alpha value is -1.82. The Bertz CT molecular complexity index is 357. The minimum atomic E-state index is 0.540. The van der Waals surface area contributed by atoms with E-state index in [0.29, 0.717) is 17.9 Å². The van der Waals surface area contributed by atoms with Crippen LogP contribution in [0.25, 0.3) is 0 Å². The molecule has 2 N–H and O–H groups in total. The average molecular weight is 173 g/mol. The number of benzene rings is 1. The molecular formula is C10H11N3. The van der Waals surface area contributed by atoms with Gasteiger partial charge in [0.25, 0.3) is 0 Å². The number of nitriles is 1. The third-order valence-corrected chi connectivity index (χ3v) is 1.57. The van der Waals surface area contributed by atoms with E-state index in [2.05, 4.69) is 11.1 Å². The van der Waals surface area contributed by atoms with Gasteiger partial charge in [0.2, 0.25) is 0 Å². The Morgan fingerprint density at radius 3 is 3.00 bits per heavy atom. The van der Waals surface area contributed by atoms with Crippen LogP contribution in [0.1, 0.15) is 18.1 Å². The molecule has 0 unspecified atom stereocenters. The van der Waals surface area contributed by atoms with Gasteiger partial charge in [-0.2, -0.15) is 5.26 Å². The summed E-state index contributed by atoms with van der Waals surface area (Å²) in [7, 11) is 0. The van der Waals surface area contributed by atoms with Crippen LogP contribution in [-0.2, 0) is 6.54 Å². The molecule has 0 aliphatic carbocycles. The monoisotopic (exact) mass is 173 g/mol. The molecule has 0 spiro atoms. The zero-order valence-corrected chi connectivity index (χ0v) is 7.49. The van der Waals surface area contributed by atoms with Gasteiger partial charge >= 0.3 is 0 Å². The minimum Gasteiger partial charge on any atom is -0.388 e. The minimum absolute atomic E-state index is 0.540. The number of rotatable bonds is 2. The van der Waals surface area contributed by atoms with E-state index in [1.807, 2.05) is 18.2 Å². The molecule has 1 rings (SSSR count). The first kappa shape index (κ1) is 9.27. The normalized spacial score (nSPS) is 10.9. The van der Waals surface area contributed by atoms with E-state index >= 15 is 0 Å². The van der Waals surface area contributed by atoms with Gasteiger partial charge in [0.05, 0.1) is 24.0 Å². The molecular weight excluding hydrogens is 162 g/mol. The lowest BCUT2D eigenvalue weighted by molar-refractivity contribution is 1.06. The quantitative estimate of drug-likeness (QED) is 0.543. The fourth-order valence-electron chi connectivity index (χ4n) is 0.955. The van der Waals surface area contributed by atoms with Crippen LogP contribution in [0.3, 0.4) is 0 Å². The molecule has 0 aliphatic rings. The number of amidine groups is 1. The molecule has 0 fully saturated rings. The molecule has 3 heteroatoms. The number of nitrogens with two attached hydrogens (primary N) is 1. The van der Waals surface area contributed by atoms with Crippen molar-refractivity contribution in [3.05, 3.63) is 35.4 Å². The zero-order valence-electron chi connectivity index (χ0n) is 7.49. The van der Waals surface area contributed by atoms with Crippen molar-refractivity contribution in [2.75, 3.05) is 0 Å². The van der Waals surface area contributed by atoms with Crippen LogP contribution < -0.4 is 5.73 Å².